The van der Waals surface area contributed by atoms with Gasteiger partial charge in [-0.25, -0.2) is 9.67 Å². The summed E-state index contributed by atoms with van der Waals surface area (Å²) in [7, 11) is 3.02. The average molecular weight is 274 g/mol. The molecule has 1 N–H and O–H groups in total. The van der Waals surface area contributed by atoms with Gasteiger partial charge in [-0.2, -0.15) is 5.10 Å². The molecule has 20 heavy (non-hydrogen) atoms. The number of pyridine rings is 1. The Morgan fingerprint density at radius 1 is 1.40 bits per heavy atom. The highest BCUT2D eigenvalue weighted by molar-refractivity contribution is 5.91. The zero-order valence-electron chi connectivity index (χ0n) is 11.2. The number of hydrogen-bond donors (Lipinski definition) is 1. The summed E-state index contributed by atoms with van der Waals surface area (Å²) in [6, 6.07) is 6.20. The molecular formula is C13H14N4O3. The predicted molar refractivity (Wildman–Crippen MR) is 71.4 cm³/mol. The maximum absolute atomic E-state index is 11.9. The van der Waals surface area contributed by atoms with Crippen molar-refractivity contribution in [3.63, 3.8) is 0 Å². The van der Waals surface area contributed by atoms with Gasteiger partial charge in [0, 0.05) is 31.9 Å². The van der Waals surface area contributed by atoms with E-state index in [1.165, 1.54) is 26.3 Å². The molecule has 0 fully saturated rings. The minimum Gasteiger partial charge on any atom is -0.481 e. The first-order valence-electron chi connectivity index (χ1n) is 5.91. The minimum absolute atomic E-state index is 0.188. The van der Waals surface area contributed by atoms with Gasteiger partial charge in [-0.3, -0.25) is 9.59 Å². The topological polar surface area (TPSA) is 86.1 Å². The van der Waals surface area contributed by atoms with Crippen molar-refractivity contribution in [3.05, 3.63) is 52.1 Å². The second-order valence-corrected chi connectivity index (χ2v) is 4.07. The molecule has 7 nitrogen and oxygen atoms in total. The number of ether oxygens (including phenoxy) is 1. The number of rotatable bonds is 4. The van der Waals surface area contributed by atoms with Crippen molar-refractivity contribution in [3.8, 4) is 5.88 Å². The zero-order chi connectivity index (χ0) is 14.5. The van der Waals surface area contributed by atoms with E-state index < -0.39 is 0 Å². The van der Waals surface area contributed by atoms with Gasteiger partial charge in [-0.15, -0.1) is 0 Å². The molecule has 0 aliphatic heterocycles. The van der Waals surface area contributed by atoms with Crippen LogP contribution in [-0.2, 0) is 13.6 Å². The van der Waals surface area contributed by atoms with Crippen LogP contribution in [0.4, 0.5) is 0 Å². The van der Waals surface area contributed by atoms with Crippen LogP contribution in [0.25, 0.3) is 0 Å². The molecule has 0 aliphatic carbocycles. The maximum Gasteiger partial charge on any atom is 0.271 e. The summed E-state index contributed by atoms with van der Waals surface area (Å²) >= 11 is 0. The van der Waals surface area contributed by atoms with Gasteiger partial charge < -0.3 is 10.1 Å². The molecule has 1 amide bonds. The normalized spacial score (nSPS) is 10.1. The number of carbonyl (C=O) groups is 1. The Morgan fingerprint density at radius 2 is 2.20 bits per heavy atom. The van der Waals surface area contributed by atoms with Crippen molar-refractivity contribution < 1.29 is 9.53 Å². The number of methoxy groups -OCH3 is 1. The number of hydrogen-bond acceptors (Lipinski definition) is 5. The lowest BCUT2D eigenvalue weighted by Gasteiger charge is -2.06. The van der Waals surface area contributed by atoms with Crippen LogP contribution in [0, 0.1) is 0 Å². The van der Waals surface area contributed by atoms with Gasteiger partial charge in [0.05, 0.1) is 7.11 Å². The number of amides is 1. The fourth-order valence-electron chi connectivity index (χ4n) is 1.57. The molecule has 0 aliphatic rings. The average Bonchev–Trinajstić information content (AvgIpc) is 2.47. The van der Waals surface area contributed by atoms with Gasteiger partial charge in [0.25, 0.3) is 11.5 Å². The standard InChI is InChI=1S/C13H14N4O3/c1-17-12(18)4-3-10(16-17)13(19)15-8-9-5-6-14-11(7-9)20-2/h3-7H,8H2,1-2H3,(H,15,19). The van der Waals surface area contributed by atoms with Gasteiger partial charge in [0.2, 0.25) is 5.88 Å². The summed E-state index contributed by atoms with van der Waals surface area (Å²) in [6.07, 6.45) is 1.60. The monoisotopic (exact) mass is 274 g/mol. The smallest absolute Gasteiger partial charge is 0.271 e. The molecule has 104 valence electrons. The number of carbonyl (C=O) groups excluding carboxylic acids is 1. The predicted octanol–water partition coefficient (Wildman–Crippen LogP) is 0.114. The van der Waals surface area contributed by atoms with Crippen LogP contribution in [0.2, 0.25) is 0 Å². The van der Waals surface area contributed by atoms with Gasteiger partial charge in [0.15, 0.2) is 0 Å². The maximum atomic E-state index is 11.9. The first kappa shape index (κ1) is 13.7. The van der Waals surface area contributed by atoms with E-state index in [1.807, 2.05) is 0 Å². The quantitative estimate of drug-likeness (QED) is 0.855. The van der Waals surface area contributed by atoms with Crippen molar-refractivity contribution in [1.29, 1.82) is 0 Å². The fourth-order valence-corrected chi connectivity index (χ4v) is 1.57. The molecule has 0 bridgehead atoms. The van der Waals surface area contributed by atoms with Crippen LogP contribution in [0.3, 0.4) is 0 Å². The van der Waals surface area contributed by atoms with E-state index in [4.69, 9.17) is 4.74 Å². The Morgan fingerprint density at radius 3 is 2.90 bits per heavy atom. The first-order valence-corrected chi connectivity index (χ1v) is 5.91. The molecule has 0 saturated carbocycles. The lowest BCUT2D eigenvalue weighted by atomic mass is 10.2. The van der Waals surface area contributed by atoms with E-state index in [0.717, 1.165) is 10.2 Å². The highest BCUT2D eigenvalue weighted by Crippen LogP contribution is 2.08. The van der Waals surface area contributed by atoms with E-state index in [-0.39, 0.29) is 17.2 Å². The molecule has 0 saturated heterocycles. The van der Waals surface area contributed by atoms with Crippen molar-refractivity contribution in [2.45, 2.75) is 6.54 Å². The molecule has 2 heterocycles. The number of nitrogens with one attached hydrogen (secondary N) is 1. The van der Waals surface area contributed by atoms with E-state index >= 15 is 0 Å². The highest BCUT2D eigenvalue weighted by Gasteiger charge is 2.08. The minimum atomic E-state index is -0.351. The summed E-state index contributed by atoms with van der Waals surface area (Å²) in [5, 5.41) is 6.59. The third-order valence-electron chi connectivity index (χ3n) is 2.65. The summed E-state index contributed by atoms with van der Waals surface area (Å²) < 4.78 is 6.12. The highest BCUT2D eigenvalue weighted by atomic mass is 16.5. The van der Waals surface area contributed by atoms with Crippen LogP contribution < -0.4 is 15.6 Å². The second-order valence-electron chi connectivity index (χ2n) is 4.07. The summed E-state index contributed by atoms with van der Waals surface area (Å²) in [4.78, 5) is 27.1. The largest absolute Gasteiger partial charge is 0.481 e. The first-order chi connectivity index (χ1) is 9.60. The van der Waals surface area contributed by atoms with Crippen LogP contribution in [-0.4, -0.2) is 27.8 Å². The molecule has 0 radical (unpaired) electrons. The summed E-state index contributed by atoms with van der Waals surface area (Å²) in [6.45, 7) is 0.322. The van der Waals surface area contributed by atoms with Crippen LogP contribution in [0.5, 0.6) is 5.88 Å². The number of aromatic nitrogens is 3. The lowest BCUT2D eigenvalue weighted by molar-refractivity contribution is 0.0943. The Balaban J connectivity index is 2.04. The van der Waals surface area contributed by atoms with Crippen molar-refractivity contribution in [1.82, 2.24) is 20.1 Å². The van der Waals surface area contributed by atoms with Gasteiger partial charge in [-0.1, -0.05) is 0 Å². The van der Waals surface area contributed by atoms with E-state index in [2.05, 4.69) is 15.4 Å². The lowest BCUT2D eigenvalue weighted by Crippen LogP contribution is -2.28. The Kier molecular flexibility index (Phi) is 4.09. The third kappa shape index (κ3) is 3.19. The van der Waals surface area contributed by atoms with Gasteiger partial charge in [-0.05, 0) is 17.7 Å². The van der Waals surface area contributed by atoms with Crippen molar-refractivity contribution in [2.24, 2.45) is 7.05 Å². The fraction of sp³-hybridized carbons (Fsp3) is 0.231. The zero-order valence-corrected chi connectivity index (χ0v) is 11.2. The Bertz CT molecular complexity index is 681. The molecule has 2 aromatic rings. The van der Waals surface area contributed by atoms with Gasteiger partial charge >= 0.3 is 0 Å². The molecule has 2 rings (SSSR count). The van der Waals surface area contributed by atoms with Crippen molar-refractivity contribution in [2.75, 3.05) is 7.11 Å². The van der Waals surface area contributed by atoms with E-state index in [9.17, 15) is 9.59 Å². The van der Waals surface area contributed by atoms with E-state index in [1.54, 1.807) is 18.3 Å². The molecule has 0 aromatic carbocycles. The molecule has 0 spiro atoms. The molecule has 0 unspecified atom stereocenters. The number of nitrogens with zero attached hydrogens (tertiary/aromatic N) is 3. The third-order valence-corrected chi connectivity index (χ3v) is 2.65. The molecule has 0 atom stereocenters. The van der Waals surface area contributed by atoms with Crippen molar-refractivity contribution >= 4 is 5.91 Å². The van der Waals surface area contributed by atoms with Crippen LogP contribution in [0.15, 0.2) is 35.3 Å². The summed E-state index contributed by atoms with van der Waals surface area (Å²) in [5.41, 5.74) is 0.781. The Hall–Kier alpha value is -2.70. The second kappa shape index (κ2) is 5.96. The molecular weight excluding hydrogens is 260 g/mol. The van der Waals surface area contributed by atoms with Gasteiger partial charge in [0.1, 0.15) is 5.69 Å². The molecule has 2 aromatic heterocycles. The Labute approximate surface area is 115 Å². The van der Waals surface area contributed by atoms with Crippen LogP contribution >= 0.6 is 0 Å². The van der Waals surface area contributed by atoms with E-state index in [0.29, 0.717) is 12.4 Å². The number of aryl methyl sites for hydroxylation is 1. The summed E-state index contributed by atoms with van der Waals surface area (Å²) in [5.74, 6) is 0.133. The van der Waals surface area contributed by atoms with Crippen LogP contribution in [0.1, 0.15) is 16.1 Å². The molecule has 7 heteroatoms. The SMILES string of the molecule is COc1cc(CNC(=O)c2ccc(=O)n(C)n2)ccn1.